The highest BCUT2D eigenvalue weighted by Gasteiger charge is 2.36. The van der Waals surface area contributed by atoms with Crippen LogP contribution >= 0.6 is 0 Å². The lowest BCUT2D eigenvalue weighted by molar-refractivity contribution is -0.137. The van der Waals surface area contributed by atoms with Crippen molar-refractivity contribution in [3.8, 4) is 0 Å². The van der Waals surface area contributed by atoms with Gasteiger partial charge in [0.1, 0.15) is 5.82 Å². The van der Waals surface area contributed by atoms with Gasteiger partial charge in [0.25, 0.3) is 0 Å². The van der Waals surface area contributed by atoms with E-state index >= 15 is 0 Å². The average molecular weight is 401 g/mol. The van der Waals surface area contributed by atoms with Gasteiger partial charge >= 0.3 is 0 Å². The number of rotatable bonds is 3. The van der Waals surface area contributed by atoms with Crippen molar-refractivity contribution in [2.75, 3.05) is 6.54 Å². The van der Waals surface area contributed by atoms with Gasteiger partial charge in [0.05, 0.1) is 6.04 Å². The maximum Gasteiger partial charge on any atom is 0.226 e. The topological polar surface area (TPSA) is 61.9 Å². The molecule has 162 valence electrons. The largest absolute Gasteiger partial charge is 0.332 e. The van der Waals surface area contributed by atoms with E-state index in [4.69, 9.17) is 4.98 Å². The molecule has 1 N–H and O–H groups in total. The summed E-state index contributed by atoms with van der Waals surface area (Å²) >= 11 is 0. The van der Waals surface area contributed by atoms with Crippen LogP contribution in [0.4, 0.5) is 0 Å². The molecule has 1 amide bonds. The van der Waals surface area contributed by atoms with E-state index in [2.05, 4.69) is 15.1 Å². The summed E-state index contributed by atoms with van der Waals surface area (Å²) in [5.41, 5.74) is 0. The quantitative estimate of drug-likeness (QED) is 0.672. The monoisotopic (exact) mass is 400 g/mol. The van der Waals surface area contributed by atoms with Crippen LogP contribution in [0.1, 0.15) is 133 Å². The molecule has 2 aliphatic carbocycles. The Kier molecular flexibility index (Phi) is 7.61. The Morgan fingerprint density at radius 2 is 1.34 bits per heavy atom. The molecule has 2 saturated carbocycles. The van der Waals surface area contributed by atoms with Crippen LogP contribution in [0.25, 0.3) is 0 Å². The van der Waals surface area contributed by atoms with Crippen LogP contribution in [0.5, 0.6) is 0 Å². The summed E-state index contributed by atoms with van der Waals surface area (Å²) in [5, 5.41) is 7.90. The van der Waals surface area contributed by atoms with Crippen LogP contribution < -0.4 is 0 Å². The normalized spacial score (nSPS) is 26.3. The number of nitrogens with zero attached hydrogens (tertiary/aromatic N) is 3. The molecule has 2 heterocycles. The van der Waals surface area contributed by atoms with Crippen LogP contribution in [0, 0.1) is 5.92 Å². The molecule has 1 saturated heterocycles. The Labute approximate surface area is 176 Å². The van der Waals surface area contributed by atoms with E-state index in [1.54, 1.807) is 0 Å². The van der Waals surface area contributed by atoms with E-state index < -0.39 is 0 Å². The number of aromatic nitrogens is 3. The lowest BCUT2D eigenvalue weighted by atomic mass is 9.90. The standard InChI is InChI=1S/C24H40N4O/c29-24(20-15-10-6-3-7-11-16-20)28-18-12-17-21(28)23-25-22(26-27-23)19-13-8-4-1-2-5-9-14-19/h19-21H,1-18H2,(H,25,26,27). The molecule has 1 aliphatic heterocycles. The number of amides is 1. The lowest BCUT2D eigenvalue weighted by Crippen LogP contribution is -2.36. The third kappa shape index (κ3) is 5.40. The zero-order valence-corrected chi connectivity index (χ0v) is 18.2. The summed E-state index contributed by atoms with van der Waals surface area (Å²) in [7, 11) is 0. The minimum absolute atomic E-state index is 0.116. The average Bonchev–Trinajstić information content (AvgIpc) is 3.38. The molecule has 0 spiro atoms. The first-order valence-electron chi connectivity index (χ1n) is 12.6. The van der Waals surface area contributed by atoms with E-state index in [0.29, 0.717) is 11.8 Å². The molecule has 1 aromatic rings. The minimum Gasteiger partial charge on any atom is -0.332 e. The lowest BCUT2D eigenvalue weighted by Gasteiger charge is -2.28. The molecule has 3 fully saturated rings. The van der Waals surface area contributed by atoms with Gasteiger partial charge in [-0.15, -0.1) is 0 Å². The Hall–Kier alpha value is -1.39. The fourth-order valence-electron chi connectivity index (χ4n) is 5.76. The van der Waals surface area contributed by atoms with Crippen LogP contribution in [0.15, 0.2) is 0 Å². The zero-order valence-electron chi connectivity index (χ0n) is 18.2. The van der Waals surface area contributed by atoms with Gasteiger partial charge in [-0.05, 0) is 38.5 Å². The van der Waals surface area contributed by atoms with Crippen molar-refractivity contribution in [3.05, 3.63) is 11.6 Å². The molecule has 0 radical (unpaired) electrons. The second-order valence-electron chi connectivity index (χ2n) is 9.71. The molecule has 5 heteroatoms. The van der Waals surface area contributed by atoms with E-state index in [1.807, 2.05) is 0 Å². The third-order valence-electron chi connectivity index (χ3n) is 7.55. The van der Waals surface area contributed by atoms with E-state index in [0.717, 1.165) is 43.9 Å². The maximum absolute atomic E-state index is 13.3. The van der Waals surface area contributed by atoms with Crippen molar-refractivity contribution in [2.24, 2.45) is 5.92 Å². The van der Waals surface area contributed by atoms with Gasteiger partial charge < -0.3 is 4.90 Å². The maximum atomic E-state index is 13.3. The van der Waals surface area contributed by atoms with Gasteiger partial charge in [-0.25, -0.2) is 4.98 Å². The van der Waals surface area contributed by atoms with Gasteiger partial charge in [0, 0.05) is 18.4 Å². The number of aromatic amines is 1. The first-order chi connectivity index (χ1) is 14.3. The van der Waals surface area contributed by atoms with Crippen LogP contribution in [0.3, 0.4) is 0 Å². The van der Waals surface area contributed by atoms with Crippen LogP contribution in [0.2, 0.25) is 0 Å². The minimum atomic E-state index is 0.116. The number of carbonyl (C=O) groups is 1. The first kappa shape index (κ1) is 20.9. The van der Waals surface area contributed by atoms with Crippen molar-refractivity contribution in [1.82, 2.24) is 20.1 Å². The van der Waals surface area contributed by atoms with Gasteiger partial charge in [0.15, 0.2) is 5.82 Å². The molecule has 5 nitrogen and oxygen atoms in total. The van der Waals surface area contributed by atoms with Gasteiger partial charge in [0.2, 0.25) is 5.91 Å². The second-order valence-corrected chi connectivity index (χ2v) is 9.71. The molecule has 1 atom stereocenters. The van der Waals surface area contributed by atoms with Crippen molar-refractivity contribution in [1.29, 1.82) is 0 Å². The van der Waals surface area contributed by atoms with Crippen LogP contribution in [-0.2, 0) is 4.79 Å². The fourth-order valence-corrected chi connectivity index (χ4v) is 5.76. The molecular weight excluding hydrogens is 360 g/mol. The Morgan fingerprint density at radius 3 is 2.00 bits per heavy atom. The Bertz CT molecular complexity index is 625. The van der Waals surface area contributed by atoms with Gasteiger partial charge in [-0.1, -0.05) is 70.6 Å². The summed E-state index contributed by atoms with van der Waals surface area (Å²) in [6.45, 7) is 0.888. The summed E-state index contributed by atoms with van der Waals surface area (Å²) < 4.78 is 0. The number of hydrogen-bond acceptors (Lipinski definition) is 3. The number of H-pyrrole nitrogens is 1. The van der Waals surface area contributed by atoms with Crippen molar-refractivity contribution < 1.29 is 4.79 Å². The number of hydrogen-bond donors (Lipinski definition) is 1. The predicted molar refractivity (Wildman–Crippen MR) is 116 cm³/mol. The smallest absolute Gasteiger partial charge is 0.226 e. The Morgan fingerprint density at radius 1 is 0.759 bits per heavy atom. The molecule has 1 aromatic heterocycles. The number of likely N-dealkylation sites (tertiary alicyclic amines) is 1. The Balaban J connectivity index is 1.42. The summed E-state index contributed by atoms with van der Waals surface area (Å²) in [6.07, 6.45) is 21.1. The van der Waals surface area contributed by atoms with Gasteiger partial charge in [-0.3, -0.25) is 9.89 Å². The summed E-state index contributed by atoms with van der Waals surface area (Å²) in [4.78, 5) is 20.5. The van der Waals surface area contributed by atoms with E-state index in [-0.39, 0.29) is 12.0 Å². The number of carbonyl (C=O) groups excluding carboxylic acids is 1. The van der Waals surface area contributed by atoms with Crippen molar-refractivity contribution in [3.63, 3.8) is 0 Å². The molecule has 0 bridgehead atoms. The molecule has 1 unspecified atom stereocenters. The molecular formula is C24H40N4O. The van der Waals surface area contributed by atoms with Crippen molar-refractivity contribution >= 4 is 5.91 Å². The highest BCUT2D eigenvalue weighted by atomic mass is 16.2. The summed E-state index contributed by atoms with van der Waals surface area (Å²) in [5.74, 6) is 3.06. The number of nitrogens with one attached hydrogen (secondary N) is 1. The molecule has 4 rings (SSSR count). The van der Waals surface area contributed by atoms with E-state index in [1.165, 1.54) is 83.5 Å². The third-order valence-corrected chi connectivity index (χ3v) is 7.55. The first-order valence-corrected chi connectivity index (χ1v) is 12.6. The summed E-state index contributed by atoms with van der Waals surface area (Å²) in [6, 6.07) is 0.116. The fraction of sp³-hybridized carbons (Fsp3) is 0.875. The predicted octanol–water partition coefficient (Wildman–Crippen LogP) is 6.05. The van der Waals surface area contributed by atoms with E-state index in [9.17, 15) is 4.79 Å². The second kappa shape index (κ2) is 10.6. The highest BCUT2D eigenvalue weighted by molar-refractivity contribution is 5.79. The SMILES string of the molecule is O=C(C1CCCCCCC1)N1CCCC1c1nc(C2CCCCCCCC2)n[nH]1. The van der Waals surface area contributed by atoms with Crippen LogP contribution in [-0.4, -0.2) is 32.5 Å². The van der Waals surface area contributed by atoms with Gasteiger partial charge in [-0.2, -0.15) is 5.10 Å². The molecule has 29 heavy (non-hydrogen) atoms. The zero-order chi connectivity index (χ0) is 19.9. The highest BCUT2D eigenvalue weighted by Crippen LogP contribution is 2.35. The van der Waals surface area contributed by atoms with Crippen molar-refractivity contribution in [2.45, 2.75) is 121 Å². The molecule has 3 aliphatic rings. The molecule has 0 aromatic carbocycles.